The van der Waals surface area contributed by atoms with Crippen LogP contribution in [0.5, 0.6) is 0 Å². The van der Waals surface area contributed by atoms with Crippen LogP contribution >= 0.6 is 0 Å². The van der Waals surface area contributed by atoms with Gasteiger partial charge in [-0.1, -0.05) is 5.16 Å². The molecule has 1 heterocycles. The number of halogens is 1. The monoisotopic (exact) mass is 258 g/mol. The smallest absolute Gasteiger partial charge is 0.274 e. The Labute approximate surface area is 95.8 Å². The molecule has 0 aliphatic carbocycles. The normalized spacial score (nSPS) is 11.6. The van der Waals surface area contributed by atoms with Crippen molar-refractivity contribution in [3.8, 4) is 11.4 Å². The topological polar surface area (TPSA) is 93.3 Å². The van der Waals surface area contributed by atoms with E-state index in [-0.39, 0.29) is 11.7 Å². The average molecular weight is 258 g/mol. The molecule has 2 rings (SSSR count). The van der Waals surface area contributed by atoms with Crippen LogP contribution in [-0.4, -0.2) is 23.1 Å². The molecule has 0 saturated heterocycles. The summed E-state index contributed by atoms with van der Waals surface area (Å²) < 4.78 is 47.0. The van der Waals surface area contributed by atoms with Gasteiger partial charge < -0.3 is 4.52 Å². The van der Waals surface area contributed by atoms with Crippen LogP contribution in [0, 0.1) is 5.82 Å². The molecule has 0 atom stereocenters. The van der Waals surface area contributed by atoms with Gasteiger partial charge in [-0.05, 0) is 24.3 Å². The maximum atomic E-state index is 12.7. The Morgan fingerprint density at radius 1 is 1.29 bits per heavy atom. The minimum absolute atomic E-state index is 0.128. The van der Waals surface area contributed by atoms with Gasteiger partial charge in [0.25, 0.3) is 10.1 Å². The van der Waals surface area contributed by atoms with Crippen LogP contribution in [0.2, 0.25) is 0 Å². The van der Waals surface area contributed by atoms with Gasteiger partial charge in [0.2, 0.25) is 11.7 Å². The van der Waals surface area contributed by atoms with Crippen molar-refractivity contribution in [2.45, 2.75) is 5.75 Å². The zero-order valence-corrected chi connectivity index (χ0v) is 9.19. The van der Waals surface area contributed by atoms with Gasteiger partial charge in [0.15, 0.2) is 5.75 Å². The third-order valence-corrected chi connectivity index (χ3v) is 2.49. The highest BCUT2D eigenvalue weighted by atomic mass is 32.2. The zero-order chi connectivity index (χ0) is 12.5. The molecule has 8 heteroatoms. The molecular formula is C9H7FN2O4S. The Morgan fingerprint density at radius 2 is 1.94 bits per heavy atom. The lowest BCUT2D eigenvalue weighted by Gasteiger charge is -1.92. The molecule has 1 N–H and O–H groups in total. The minimum Gasteiger partial charge on any atom is -0.338 e. The van der Waals surface area contributed by atoms with Crippen LogP contribution in [0.15, 0.2) is 28.8 Å². The minimum atomic E-state index is -4.21. The quantitative estimate of drug-likeness (QED) is 0.833. The van der Waals surface area contributed by atoms with Crippen molar-refractivity contribution in [3.63, 3.8) is 0 Å². The highest BCUT2D eigenvalue weighted by Gasteiger charge is 2.14. The predicted molar refractivity (Wildman–Crippen MR) is 54.9 cm³/mol. The first kappa shape index (κ1) is 11.7. The van der Waals surface area contributed by atoms with Crippen LogP contribution in [0.1, 0.15) is 5.89 Å². The molecule has 90 valence electrons. The lowest BCUT2D eigenvalue weighted by Crippen LogP contribution is -2.01. The van der Waals surface area contributed by atoms with E-state index in [4.69, 9.17) is 4.55 Å². The predicted octanol–water partition coefficient (Wildman–Crippen LogP) is 1.26. The fourth-order valence-electron chi connectivity index (χ4n) is 1.19. The first-order chi connectivity index (χ1) is 7.94. The average Bonchev–Trinajstić information content (AvgIpc) is 2.64. The summed E-state index contributed by atoms with van der Waals surface area (Å²) in [4.78, 5) is 3.76. The summed E-state index contributed by atoms with van der Waals surface area (Å²) in [5.41, 5.74) is 0.483. The molecule has 17 heavy (non-hydrogen) atoms. The number of rotatable bonds is 3. The third-order valence-electron chi connectivity index (χ3n) is 1.88. The van der Waals surface area contributed by atoms with Crippen LogP contribution in [-0.2, 0) is 15.9 Å². The van der Waals surface area contributed by atoms with Crippen molar-refractivity contribution >= 4 is 10.1 Å². The number of aromatic nitrogens is 2. The molecule has 6 nitrogen and oxygen atoms in total. The Kier molecular flexibility index (Phi) is 2.90. The van der Waals surface area contributed by atoms with E-state index in [9.17, 15) is 12.8 Å². The van der Waals surface area contributed by atoms with Crippen molar-refractivity contribution in [2.24, 2.45) is 0 Å². The molecule has 0 aliphatic rings. The molecule has 0 amide bonds. The standard InChI is InChI=1S/C9H7FN2O4S/c10-7-3-1-6(2-4-7)9-11-8(16-12-9)5-17(13,14)15/h1-4H,5H2,(H,13,14,15). The molecule has 0 spiro atoms. The number of nitrogens with zero attached hydrogens (tertiary/aromatic N) is 2. The highest BCUT2D eigenvalue weighted by molar-refractivity contribution is 7.84. The summed E-state index contributed by atoms with van der Waals surface area (Å²) in [6.45, 7) is 0. The second-order valence-electron chi connectivity index (χ2n) is 3.24. The Balaban J connectivity index is 2.27. The van der Waals surface area contributed by atoms with E-state index in [1.54, 1.807) is 0 Å². The van der Waals surface area contributed by atoms with Gasteiger partial charge in [0.1, 0.15) is 5.82 Å². The maximum absolute atomic E-state index is 12.7. The van der Waals surface area contributed by atoms with Gasteiger partial charge in [-0.2, -0.15) is 13.4 Å². The van der Waals surface area contributed by atoms with Crippen LogP contribution in [0.25, 0.3) is 11.4 Å². The zero-order valence-electron chi connectivity index (χ0n) is 8.37. The molecule has 0 saturated carbocycles. The third kappa shape index (κ3) is 3.08. The van der Waals surface area contributed by atoms with Crippen LogP contribution in [0.3, 0.4) is 0 Å². The molecule has 1 aromatic heterocycles. The van der Waals surface area contributed by atoms with Crippen LogP contribution in [0.4, 0.5) is 4.39 Å². The summed E-state index contributed by atoms with van der Waals surface area (Å²) in [7, 11) is -4.21. The van der Waals surface area contributed by atoms with Gasteiger partial charge in [-0.3, -0.25) is 4.55 Å². The molecule has 2 aromatic rings. The van der Waals surface area contributed by atoms with E-state index in [1.165, 1.54) is 24.3 Å². The summed E-state index contributed by atoms with van der Waals surface area (Å²) in [5.74, 6) is -1.26. The number of hydrogen-bond acceptors (Lipinski definition) is 5. The fourth-order valence-corrected chi connectivity index (χ4v) is 1.62. The summed E-state index contributed by atoms with van der Waals surface area (Å²) in [6.07, 6.45) is 0. The molecule has 0 bridgehead atoms. The highest BCUT2D eigenvalue weighted by Crippen LogP contribution is 2.16. The largest absolute Gasteiger partial charge is 0.338 e. The van der Waals surface area contributed by atoms with Crippen molar-refractivity contribution in [3.05, 3.63) is 36.0 Å². The summed E-state index contributed by atoms with van der Waals surface area (Å²) >= 11 is 0. The first-order valence-corrected chi connectivity index (χ1v) is 6.09. The number of benzene rings is 1. The van der Waals surface area contributed by atoms with Gasteiger partial charge in [-0.25, -0.2) is 4.39 Å². The second kappa shape index (κ2) is 4.22. The SMILES string of the molecule is O=S(=O)(O)Cc1nc(-c2ccc(F)cc2)no1. The molecule has 1 aromatic carbocycles. The molecule has 0 unspecified atom stereocenters. The lowest BCUT2D eigenvalue weighted by molar-refractivity contribution is 0.384. The van der Waals surface area contributed by atoms with E-state index in [2.05, 4.69) is 14.7 Å². The van der Waals surface area contributed by atoms with E-state index >= 15 is 0 Å². The Morgan fingerprint density at radius 3 is 2.53 bits per heavy atom. The van der Waals surface area contributed by atoms with E-state index in [0.717, 1.165) is 0 Å². The van der Waals surface area contributed by atoms with E-state index < -0.39 is 21.7 Å². The number of hydrogen-bond donors (Lipinski definition) is 1. The molecule has 0 fully saturated rings. The van der Waals surface area contributed by atoms with Crippen LogP contribution < -0.4 is 0 Å². The van der Waals surface area contributed by atoms with E-state index in [0.29, 0.717) is 5.56 Å². The summed E-state index contributed by atoms with van der Waals surface area (Å²) in [6, 6.07) is 5.29. The maximum Gasteiger partial charge on any atom is 0.274 e. The van der Waals surface area contributed by atoms with E-state index in [1.807, 2.05) is 0 Å². The first-order valence-electron chi connectivity index (χ1n) is 4.48. The van der Waals surface area contributed by atoms with Gasteiger partial charge >= 0.3 is 0 Å². The van der Waals surface area contributed by atoms with Crippen molar-refractivity contribution in [1.82, 2.24) is 10.1 Å². The Bertz CT molecular complexity index is 621. The van der Waals surface area contributed by atoms with Gasteiger partial charge in [0.05, 0.1) is 0 Å². The molecule has 0 aliphatic heterocycles. The van der Waals surface area contributed by atoms with Crippen molar-refractivity contribution in [1.29, 1.82) is 0 Å². The lowest BCUT2D eigenvalue weighted by atomic mass is 10.2. The van der Waals surface area contributed by atoms with Gasteiger partial charge in [0, 0.05) is 5.56 Å². The second-order valence-corrected chi connectivity index (χ2v) is 4.70. The molecular weight excluding hydrogens is 251 g/mol. The molecule has 0 radical (unpaired) electrons. The fraction of sp³-hybridized carbons (Fsp3) is 0.111. The van der Waals surface area contributed by atoms with Crippen molar-refractivity contribution < 1.29 is 21.9 Å². The Hall–Kier alpha value is -1.80. The van der Waals surface area contributed by atoms with Gasteiger partial charge in [-0.15, -0.1) is 0 Å². The summed E-state index contributed by atoms with van der Waals surface area (Å²) in [5, 5.41) is 3.52. The van der Waals surface area contributed by atoms with Crippen molar-refractivity contribution in [2.75, 3.05) is 0 Å².